The van der Waals surface area contributed by atoms with E-state index in [4.69, 9.17) is 0 Å². The molecule has 0 aromatic carbocycles. The van der Waals surface area contributed by atoms with E-state index in [2.05, 4.69) is 34.1 Å². The Morgan fingerprint density at radius 3 is 2.91 bits per heavy atom. The van der Waals surface area contributed by atoms with Gasteiger partial charge < -0.3 is 10.3 Å². The van der Waals surface area contributed by atoms with Gasteiger partial charge in [-0.2, -0.15) is 5.26 Å². The van der Waals surface area contributed by atoms with Crippen LogP contribution in [0, 0.1) is 24.2 Å². The van der Waals surface area contributed by atoms with Crippen molar-refractivity contribution in [1.29, 1.82) is 5.26 Å². The van der Waals surface area contributed by atoms with Gasteiger partial charge in [0.15, 0.2) is 11.4 Å². The van der Waals surface area contributed by atoms with E-state index in [0.29, 0.717) is 18.2 Å². The molecule has 6 heteroatoms. The molecular formula is C16H19N5O. The van der Waals surface area contributed by atoms with Crippen LogP contribution in [0.3, 0.4) is 0 Å². The highest BCUT2D eigenvalue weighted by Gasteiger charge is 2.13. The van der Waals surface area contributed by atoms with E-state index < -0.39 is 5.56 Å². The fourth-order valence-corrected chi connectivity index (χ4v) is 2.01. The molecule has 2 aromatic rings. The SMILES string of the molecule is CCC(C)Cc1nc(Nc2cnccc2C)c(C#N)c(=O)[nH]1. The lowest BCUT2D eigenvalue weighted by Gasteiger charge is -2.12. The van der Waals surface area contributed by atoms with Crippen molar-refractivity contribution in [3.8, 4) is 6.07 Å². The number of H-pyrrole nitrogens is 1. The van der Waals surface area contributed by atoms with Crippen molar-refractivity contribution in [1.82, 2.24) is 15.0 Å². The molecule has 0 spiro atoms. The van der Waals surface area contributed by atoms with Gasteiger partial charge in [-0.25, -0.2) is 4.98 Å². The van der Waals surface area contributed by atoms with Crippen LogP contribution in [0.5, 0.6) is 0 Å². The molecule has 0 saturated heterocycles. The van der Waals surface area contributed by atoms with Crippen molar-refractivity contribution in [2.24, 2.45) is 5.92 Å². The number of aromatic nitrogens is 3. The lowest BCUT2D eigenvalue weighted by Crippen LogP contribution is -2.19. The number of rotatable bonds is 5. The molecule has 114 valence electrons. The van der Waals surface area contributed by atoms with Gasteiger partial charge in [-0.3, -0.25) is 9.78 Å². The van der Waals surface area contributed by atoms with Gasteiger partial charge in [0, 0.05) is 12.6 Å². The molecular weight excluding hydrogens is 278 g/mol. The van der Waals surface area contributed by atoms with Gasteiger partial charge in [0.05, 0.1) is 11.9 Å². The Kier molecular flexibility index (Phi) is 4.89. The van der Waals surface area contributed by atoms with Crippen LogP contribution in [0.2, 0.25) is 0 Å². The second-order valence-electron chi connectivity index (χ2n) is 5.38. The maximum Gasteiger partial charge on any atom is 0.271 e. The summed E-state index contributed by atoms with van der Waals surface area (Å²) in [6, 6.07) is 3.76. The number of hydrogen-bond donors (Lipinski definition) is 2. The van der Waals surface area contributed by atoms with Crippen LogP contribution in [0.15, 0.2) is 23.3 Å². The van der Waals surface area contributed by atoms with Crippen LogP contribution in [0.1, 0.15) is 37.2 Å². The zero-order valence-corrected chi connectivity index (χ0v) is 13.0. The number of hydrogen-bond acceptors (Lipinski definition) is 5. The van der Waals surface area contributed by atoms with E-state index in [-0.39, 0.29) is 11.4 Å². The van der Waals surface area contributed by atoms with Gasteiger partial charge >= 0.3 is 0 Å². The third-order valence-corrected chi connectivity index (χ3v) is 3.61. The Hall–Kier alpha value is -2.68. The quantitative estimate of drug-likeness (QED) is 0.884. The van der Waals surface area contributed by atoms with Crippen LogP contribution >= 0.6 is 0 Å². The number of anilines is 2. The van der Waals surface area contributed by atoms with Gasteiger partial charge in [-0.05, 0) is 24.5 Å². The molecule has 0 saturated carbocycles. The molecule has 0 amide bonds. The average molecular weight is 297 g/mol. The summed E-state index contributed by atoms with van der Waals surface area (Å²) in [5.41, 5.74) is 1.26. The summed E-state index contributed by atoms with van der Waals surface area (Å²) in [6.07, 6.45) is 4.99. The lowest BCUT2D eigenvalue weighted by atomic mass is 10.1. The summed E-state index contributed by atoms with van der Waals surface area (Å²) in [6.45, 7) is 6.10. The number of pyridine rings is 1. The predicted octanol–water partition coefficient (Wildman–Crippen LogP) is 2.68. The summed E-state index contributed by atoms with van der Waals surface area (Å²) in [5.74, 6) is 1.27. The smallest absolute Gasteiger partial charge is 0.271 e. The van der Waals surface area contributed by atoms with Gasteiger partial charge in [0.2, 0.25) is 0 Å². The minimum Gasteiger partial charge on any atom is -0.337 e. The van der Waals surface area contributed by atoms with Crippen LogP contribution in [0.25, 0.3) is 0 Å². The van der Waals surface area contributed by atoms with Gasteiger partial charge in [0.25, 0.3) is 5.56 Å². The lowest BCUT2D eigenvalue weighted by molar-refractivity contribution is 0.542. The highest BCUT2D eigenvalue weighted by atomic mass is 16.1. The van der Waals surface area contributed by atoms with Crippen LogP contribution < -0.4 is 10.9 Å². The van der Waals surface area contributed by atoms with Crippen LogP contribution in [0.4, 0.5) is 11.5 Å². The number of nitrogens with one attached hydrogen (secondary N) is 2. The number of nitrogens with zero attached hydrogens (tertiary/aromatic N) is 3. The molecule has 0 aliphatic heterocycles. The van der Waals surface area contributed by atoms with E-state index in [1.54, 1.807) is 12.4 Å². The Labute approximate surface area is 129 Å². The Balaban J connectivity index is 2.43. The zero-order chi connectivity index (χ0) is 16.1. The second-order valence-corrected chi connectivity index (χ2v) is 5.38. The third-order valence-electron chi connectivity index (χ3n) is 3.61. The van der Waals surface area contributed by atoms with Crippen molar-refractivity contribution in [3.05, 3.63) is 45.8 Å². The Bertz CT molecular complexity index is 760. The second kappa shape index (κ2) is 6.85. The fraction of sp³-hybridized carbons (Fsp3) is 0.375. The maximum absolute atomic E-state index is 12.1. The summed E-state index contributed by atoms with van der Waals surface area (Å²) in [5, 5.41) is 12.2. The molecule has 0 bridgehead atoms. The van der Waals surface area contributed by atoms with Crippen LogP contribution in [-0.4, -0.2) is 15.0 Å². The molecule has 1 atom stereocenters. The first-order chi connectivity index (χ1) is 10.5. The highest BCUT2D eigenvalue weighted by molar-refractivity contribution is 5.63. The molecule has 1 unspecified atom stereocenters. The Morgan fingerprint density at radius 2 is 2.27 bits per heavy atom. The molecule has 0 aliphatic rings. The van der Waals surface area contributed by atoms with Crippen molar-refractivity contribution in [2.45, 2.75) is 33.6 Å². The predicted molar refractivity (Wildman–Crippen MR) is 85.0 cm³/mol. The van der Waals surface area contributed by atoms with Crippen LogP contribution in [-0.2, 0) is 6.42 Å². The monoisotopic (exact) mass is 297 g/mol. The van der Waals surface area contributed by atoms with Gasteiger partial charge in [0.1, 0.15) is 11.9 Å². The maximum atomic E-state index is 12.1. The van der Waals surface area contributed by atoms with E-state index in [9.17, 15) is 10.1 Å². The summed E-state index contributed by atoms with van der Waals surface area (Å²) in [4.78, 5) is 23.2. The molecule has 0 radical (unpaired) electrons. The van der Waals surface area contributed by atoms with E-state index in [1.807, 2.05) is 19.1 Å². The van der Waals surface area contributed by atoms with Crippen molar-refractivity contribution in [2.75, 3.05) is 5.32 Å². The summed E-state index contributed by atoms with van der Waals surface area (Å²) in [7, 11) is 0. The van der Waals surface area contributed by atoms with E-state index in [0.717, 1.165) is 17.7 Å². The summed E-state index contributed by atoms with van der Waals surface area (Å²) >= 11 is 0. The minimum atomic E-state index is -0.417. The Morgan fingerprint density at radius 1 is 1.50 bits per heavy atom. The highest BCUT2D eigenvalue weighted by Crippen LogP contribution is 2.19. The molecule has 2 aromatic heterocycles. The first-order valence-electron chi connectivity index (χ1n) is 7.26. The number of aromatic amines is 1. The average Bonchev–Trinajstić information content (AvgIpc) is 2.49. The van der Waals surface area contributed by atoms with E-state index >= 15 is 0 Å². The number of nitriles is 1. The molecule has 2 heterocycles. The zero-order valence-electron chi connectivity index (χ0n) is 13.0. The number of aryl methyl sites for hydroxylation is 1. The third kappa shape index (κ3) is 3.50. The molecule has 2 N–H and O–H groups in total. The minimum absolute atomic E-state index is 0.0174. The standard InChI is InChI=1S/C16H19N5O/c1-4-10(2)7-14-20-15(12(8-17)16(22)21-14)19-13-9-18-6-5-11(13)3/h5-6,9-10H,4,7H2,1-3H3,(H2,19,20,21,22). The largest absolute Gasteiger partial charge is 0.337 e. The van der Waals surface area contributed by atoms with Crippen molar-refractivity contribution >= 4 is 11.5 Å². The molecule has 0 fully saturated rings. The van der Waals surface area contributed by atoms with Crippen molar-refractivity contribution < 1.29 is 0 Å². The van der Waals surface area contributed by atoms with Gasteiger partial charge in [-0.1, -0.05) is 20.3 Å². The van der Waals surface area contributed by atoms with Crippen molar-refractivity contribution in [3.63, 3.8) is 0 Å². The summed E-state index contributed by atoms with van der Waals surface area (Å²) < 4.78 is 0. The first-order valence-corrected chi connectivity index (χ1v) is 7.26. The molecule has 2 rings (SSSR count). The normalized spacial score (nSPS) is 11.7. The molecule has 0 aliphatic carbocycles. The van der Waals surface area contributed by atoms with Gasteiger partial charge in [-0.15, -0.1) is 0 Å². The first kappa shape index (κ1) is 15.7. The van der Waals surface area contributed by atoms with E-state index in [1.165, 1.54) is 0 Å². The fourth-order valence-electron chi connectivity index (χ4n) is 2.01. The molecule has 6 nitrogen and oxygen atoms in total. The topological polar surface area (TPSA) is 94.5 Å². The molecule has 22 heavy (non-hydrogen) atoms.